The largest absolute Gasteiger partial charge is 0.389 e. The molecule has 2 aromatic carbocycles. The SMILES string of the molecule is CCCCc1nc2c(N)nc3cc(Cc4ccc(F)c(CN)c4)ccc3c2n1CC(C)(C)O. The molecular formula is C26H32FN5O. The average Bonchev–Trinajstić information content (AvgIpc) is 3.11. The molecule has 0 aliphatic heterocycles. The maximum Gasteiger partial charge on any atom is 0.152 e. The van der Waals surface area contributed by atoms with E-state index in [1.54, 1.807) is 19.9 Å². The Bertz CT molecular complexity index is 1310. The number of benzene rings is 2. The number of rotatable bonds is 8. The van der Waals surface area contributed by atoms with Crippen LogP contribution in [-0.2, 0) is 25.9 Å². The standard InChI is InChI=1S/C26H32FN5O/c1-4-5-6-22-31-23-24(32(22)15-26(2,3)33)19-9-7-17(13-21(19)30-25(23)29)11-16-8-10-20(27)18(12-16)14-28/h7-10,12-13,33H,4-6,11,14-15,28H2,1-3H3,(H2,29,30). The predicted molar refractivity (Wildman–Crippen MR) is 131 cm³/mol. The third-order valence-electron chi connectivity index (χ3n) is 5.88. The molecule has 0 saturated carbocycles. The van der Waals surface area contributed by atoms with Crippen molar-refractivity contribution in [2.45, 2.75) is 65.1 Å². The number of unbranched alkanes of at least 4 members (excludes halogenated alkanes) is 1. The van der Waals surface area contributed by atoms with Crippen LogP contribution < -0.4 is 11.5 Å². The molecule has 6 nitrogen and oxygen atoms in total. The summed E-state index contributed by atoms with van der Waals surface area (Å²) in [5.41, 5.74) is 16.0. The van der Waals surface area contributed by atoms with Crippen LogP contribution >= 0.6 is 0 Å². The van der Waals surface area contributed by atoms with Crippen LogP contribution in [0.25, 0.3) is 21.9 Å². The van der Waals surface area contributed by atoms with E-state index in [2.05, 4.69) is 22.5 Å². The molecule has 0 aliphatic rings. The summed E-state index contributed by atoms with van der Waals surface area (Å²) in [6.45, 7) is 6.32. The summed E-state index contributed by atoms with van der Waals surface area (Å²) < 4.78 is 15.9. The molecule has 33 heavy (non-hydrogen) atoms. The third kappa shape index (κ3) is 4.84. The number of aromatic nitrogens is 3. The number of hydrogen-bond acceptors (Lipinski definition) is 5. The van der Waals surface area contributed by atoms with Gasteiger partial charge in [0, 0.05) is 23.9 Å². The van der Waals surface area contributed by atoms with Crippen molar-refractivity contribution in [2.75, 3.05) is 5.73 Å². The van der Waals surface area contributed by atoms with E-state index in [1.165, 1.54) is 6.07 Å². The number of nitrogen functional groups attached to an aromatic ring is 1. The van der Waals surface area contributed by atoms with Crippen LogP contribution in [0.3, 0.4) is 0 Å². The number of nitrogens with zero attached hydrogens (tertiary/aromatic N) is 3. The molecule has 2 heterocycles. The summed E-state index contributed by atoms with van der Waals surface area (Å²) >= 11 is 0. The summed E-state index contributed by atoms with van der Waals surface area (Å²) in [6, 6.07) is 11.2. The molecule has 0 amide bonds. The zero-order valence-corrected chi connectivity index (χ0v) is 19.5. The molecule has 4 rings (SSSR count). The summed E-state index contributed by atoms with van der Waals surface area (Å²) in [6.07, 6.45) is 3.51. The van der Waals surface area contributed by atoms with Gasteiger partial charge in [-0.05, 0) is 49.9 Å². The summed E-state index contributed by atoms with van der Waals surface area (Å²) in [7, 11) is 0. The van der Waals surface area contributed by atoms with E-state index >= 15 is 0 Å². The smallest absolute Gasteiger partial charge is 0.152 e. The molecule has 0 aliphatic carbocycles. The number of pyridine rings is 1. The third-order valence-corrected chi connectivity index (χ3v) is 5.88. The van der Waals surface area contributed by atoms with Gasteiger partial charge in [0.1, 0.15) is 17.2 Å². The molecular weight excluding hydrogens is 417 g/mol. The van der Waals surface area contributed by atoms with E-state index < -0.39 is 5.60 Å². The van der Waals surface area contributed by atoms with Crippen LogP contribution in [0.4, 0.5) is 10.2 Å². The zero-order valence-electron chi connectivity index (χ0n) is 19.5. The second-order valence-electron chi connectivity index (χ2n) is 9.38. The molecule has 0 bridgehead atoms. The van der Waals surface area contributed by atoms with Gasteiger partial charge in [0.15, 0.2) is 5.82 Å². The lowest BCUT2D eigenvalue weighted by Gasteiger charge is -2.21. The van der Waals surface area contributed by atoms with Gasteiger partial charge in [-0.2, -0.15) is 0 Å². The Kier molecular flexibility index (Phi) is 6.36. The highest BCUT2D eigenvalue weighted by Gasteiger charge is 2.22. The Hall–Kier alpha value is -3.03. The van der Waals surface area contributed by atoms with Crippen LogP contribution in [0.15, 0.2) is 36.4 Å². The fourth-order valence-corrected chi connectivity index (χ4v) is 4.33. The molecule has 0 fully saturated rings. The van der Waals surface area contributed by atoms with Crippen LogP contribution in [0, 0.1) is 5.82 Å². The van der Waals surface area contributed by atoms with Crippen molar-refractivity contribution < 1.29 is 9.50 Å². The van der Waals surface area contributed by atoms with Gasteiger partial charge in [-0.25, -0.2) is 14.4 Å². The fourth-order valence-electron chi connectivity index (χ4n) is 4.33. The Morgan fingerprint density at radius 3 is 2.52 bits per heavy atom. The van der Waals surface area contributed by atoms with E-state index in [0.717, 1.165) is 52.6 Å². The van der Waals surface area contributed by atoms with Crippen LogP contribution in [0.2, 0.25) is 0 Å². The summed E-state index contributed by atoms with van der Waals surface area (Å²) in [5, 5.41) is 11.5. The Morgan fingerprint density at radius 1 is 1.09 bits per heavy atom. The van der Waals surface area contributed by atoms with Crippen molar-refractivity contribution >= 4 is 27.8 Å². The number of anilines is 1. The molecule has 174 valence electrons. The van der Waals surface area contributed by atoms with Gasteiger partial charge >= 0.3 is 0 Å². The number of aliphatic hydroxyl groups is 1. The molecule has 5 N–H and O–H groups in total. The molecule has 0 atom stereocenters. The summed E-state index contributed by atoms with van der Waals surface area (Å²) in [4.78, 5) is 9.46. The van der Waals surface area contributed by atoms with Crippen LogP contribution in [0.5, 0.6) is 0 Å². The van der Waals surface area contributed by atoms with Gasteiger partial charge in [-0.3, -0.25) is 0 Å². The monoisotopic (exact) mass is 449 g/mol. The maximum absolute atomic E-state index is 13.8. The van der Waals surface area contributed by atoms with Crippen molar-refractivity contribution in [1.82, 2.24) is 14.5 Å². The first-order chi connectivity index (χ1) is 15.7. The van der Waals surface area contributed by atoms with Crippen molar-refractivity contribution in [2.24, 2.45) is 5.73 Å². The number of imidazole rings is 1. The summed E-state index contributed by atoms with van der Waals surface area (Å²) in [5.74, 6) is 1.02. The van der Waals surface area contributed by atoms with Crippen molar-refractivity contribution in [3.8, 4) is 0 Å². The lowest BCUT2D eigenvalue weighted by molar-refractivity contribution is 0.0618. The first kappa shape index (κ1) is 23.1. The van der Waals surface area contributed by atoms with Crippen LogP contribution in [0.1, 0.15) is 56.1 Å². The van der Waals surface area contributed by atoms with E-state index in [0.29, 0.717) is 29.9 Å². The normalized spacial score (nSPS) is 12.2. The first-order valence-electron chi connectivity index (χ1n) is 11.5. The van der Waals surface area contributed by atoms with E-state index in [1.807, 2.05) is 18.2 Å². The molecule has 4 aromatic rings. The zero-order chi connectivity index (χ0) is 23.8. The minimum absolute atomic E-state index is 0.166. The predicted octanol–water partition coefficient (Wildman–Crippen LogP) is 4.47. The highest BCUT2D eigenvalue weighted by atomic mass is 19.1. The molecule has 0 radical (unpaired) electrons. The molecule has 7 heteroatoms. The number of hydrogen-bond donors (Lipinski definition) is 3. The molecule has 0 spiro atoms. The highest BCUT2D eigenvalue weighted by molar-refractivity contribution is 6.06. The average molecular weight is 450 g/mol. The van der Waals surface area contributed by atoms with E-state index in [-0.39, 0.29) is 12.4 Å². The van der Waals surface area contributed by atoms with Crippen molar-refractivity contribution in [3.63, 3.8) is 0 Å². The van der Waals surface area contributed by atoms with Crippen molar-refractivity contribution in [3.05, 3.63) is 64.7 Å². The molecule has 0 unspecified atom stereocenters. The fraction of sp³-hybridized carbons (Fsp3) is 0.385. The lowest BCUT2D eigenvalue weighted by Crippen LogP contribution is -2.27. The second kappa shape index (κ2) is 9.08. The van der Waals surface area contributed by atoms with Gasteiger partial charge in [0.2, 0.25) is 0 Å². The van der Waals surface area contributed by atoms with E-state index in [9.17, 15) is 9.50 Å². The van der Waals surface area contributed by atoms with Gasteiger partial charge in [-0.15, -0.1) is 0 Å². The Labute approximate surface area is 193 Å². The number of fused-ring (bicyclic) bond motifs is 3. The number of halogens is 1. The molecule has 2 aromatic heterocycles. The number of aryl methyl sites for hydroxylation is 1. The van der Waals surface area contributed by atoms with Gasteiger partial charge in [0.05, 0.1) is 23.2 Å². The minimum atomic E-state index is -0.901. The van der Waals surface area contributed by atoms with E-state index in [4.69, 9.17) is 16.5 Å². The van der Waals surface area contributed by atoms with Crippen LogP contribution in [-0.4, -0.2) is 25.2 Å². The van der Waals surface area contributed by atoms with Gasteiger partial charge in [-0.1, -0.05) is 37.6 Å². The van der Waals surface area contributed by atoms with Gasteiger partial charge in [0.25, 0.3) is 0 Å². The Morgan fingerprint density at radius 2 is 1.82 bits per heavy atom. The quantitative estimate of drug-likeness (QED) is 0.368. The minimum Gasteiger partial charge on any atom is -0.389 e. The lowest BCUT2D eigenvalue weighted by atomic mass is 10.0. The van der Waals surface area contributed by atoms with Crippen molar-refractivity contribution in [1.29, 1.82) is 0 Å². The maximum atomic E-state index is 13.8. The Balaban J connectivity index is 1.82. The first-order valence-corrected chi connectivity index (χ1v) is 11.5. The topological polar surface area (TPSA) is 103 Å². The van der Waals surface area contributed by atoms with Gasteiger partial charge < -0.3 is 21.1 Å². The number of nitrogens with two attached hydrogens (primary N) is 2. The second-order valence-corrected chi connectivity index (χ2v) is 9.38. The molecule has 0 saturated heterocycles. The highest BCUT2D eigenvalue weighted by Crippen LogP contribution is 2.31.